The highest BCUT2D eigenvalue weighted by Gasteiger charge is 2.19. The van der Waals surface area contributed by atoms with Gasteiger partial charge < -0.3 is 10.0 Å². The zero-order valence-corrected chi connectivity index (χ0v) is 13.0. The number of anilines is 1. The molecule has 0 saturated carbocycles. The van der Waals surface area contributed by atoms with Crippen molar-refractivity contribution in [3.63, 3.8) is 0 Å². The molecule has 108 valence electrons. The monoisotopic (exact) mass is 324 g/mol. The second kappa shape index (κ2) is 8.18. The van der Waals surface area contributed by atoms with Crippen LogP contribution in [-0.2, 0) is 0 Å². The molecule has 1 N–H and O–H groups in total. The van der Waals surface area contributed by atoms with Gasteiger partial charge in [-0.05, 0) is 18.6 Å². The van der Waals surface area contributed by atoms with E-state index in [9.17, 15) is 0 Å². The van der Waals surface area contributed by atoms with Crippen LogP contribution in [0.3, 0.4) is 0 Å². The minimum absolute atomic E-state index is 0. The van der Waals surface area contributed by atoms with Gasteiger partial charge in [-0.25, -0.2) is 0 Å². The molecule has 0 radical (unpaired) electrons. The first-order chi connectivity index (χ1) is 8.72. The lowest BCUT2D eigenvalue weighted by Crippen LogP contribution is -2.46. The zero-order chi connectivity index (χ0) is 13.0. The van der Waals surface area contributed by atoms with Gasteiger partial charge in [0, 0.05) is 39.3 Å². The molecule has 1 aromatic rings. The summed E-state index contributed by atoms with van der Waals surface area (Å²) in [6.45, 7) is 5.14. The van der Waals surface area contributed by atoms with Crippen LogP contribution in [0.1, 0.15) is 6.42 Å². The first-order valence-electron chi connectivity index (χ1n) is 6.24. The Kier molecular flexibility index (Phi) is 7.26. The molecule has 0 amide bonds. The number of hydrogen-bond acceptors (Lipinski definition) is 3. The third kappa shape index (κ3) is 4.40. The fourth-order valence-corrected chi connectivity index (χ4v) is 2.66. The molecular formula is C13H19Cl3N2O. The van der Waals surface area contributed by atoms with E-state index in [2.05, 4.69) is 9.80 Å². The Morgan fingerprint density at radius 2 is 1.79 bits per heavy atom. The molecule has 1 aliphatic heterocycles. The number of benzene rings is 1. The maximum Gasteiger partial charge on any atom is 0.0825 e. The van der Waals surface area contributed by atoms with Gasteiger partial charge in [0.15, 0.2) is 0 Å². The Balaban J connectivity index is 0.00000180. The molecule has 6 heteroatoms. The minimum atomic E-state index is 0. The lowest BCUT2D eigenvalue weighted by atomic mass is 10.2. The van der Waals surface area contributed by atoms with Crippen molar-refractivity contribution in [3.05, 3.63) is 28.2 Å². The molecular weight excluding hydrogens is 307 g/mol. The van der Waals surface area contributed by atoms with Crippen molar-refractivity contribution < 1.29 is 5.11 Å². The normalized spacial score (nSPS) is 16.3. The summed E-state index contributed by atoms with van der Waals surface area (Å²) in [5, 5.41) is 10.1. The quantitative estimate of drug-likeness (QED) is 0.922. The fraction of sp³-hybridized carbons (Fsp3) is 0.538. The third-order valence-electron chi connectivity index (χ3n) is 3.28. The number of nitrogens with zero attached hydrogens (tertiary/aromatic N) is 2. The summed E-state index contributed by atoms with van der Waals surface area (Å²) in [4.78, 5) is 4.63. The molecule has 1 aromatic carbocycles. The summed E-state index contributed by atoms with van der Waals surface area (Å²) in [5.41, 5.74) is 1.02. The van der Waals surface area contributed by atoms with Gasteiger partial charge in [0.1, 0.15) is 0 Å². The molecule has 19 heavy (non-hydrogen) atoms. The predicted octanol–water partition coefficient (Wildman–Crippen LogP) is 2.92. The summed E-state index contributed by atoms with van der Waals surface area (Å²) in [6, 6.07) is 5.75. The average molecular weight is 326 g/mol. The predicted molar refractivity (Wildman–Crippen MR) is 84.1 cm³/mol. The molecule has 0 aliphatic carbocycles. The highest BCUT2D eigenvalue weighted by Crippen LogP contribution is 2.32. The van der Waals surface area contributed by atoms with E-state index in [0.29, 0.717) is 10.0 Å². The number of rotatable bonds is 4. The van der Waals surface area contributed by atoms with Gasteiger partial charge in [-0.1, -0.05) is 29.3 Å². The second-order valence-electron chi connectivity index (χ2n) is 4.48. The summed E-state index contributed by atoms with van der Waals surface area (Å²) in [7, 11) is 0. The van der Waals surface area contributed by atoms with Crippen molar-refractivity contribution in [2.24, 2.45) is 0 Å². The number of halogens is 3. The number of aliphatic hydroxyl groups is 1. The minimum Gasteiger partial charge on any atom is -0.396 e. The summed E-state index contributed by atoms with van der Waals surface area (Å²) in [6.07, 6.45) is 0.845. The van der Waals surface area contributed by atoms with Crippen LogP contribution in [0.5, 0.6) is 0 Å². The largest absolute Gasteiger partial charge is 0.396 e. The molecule has 0 bridgehead atoms. The van der Waals surface area contributed by atoms with Crippen molar-refractivity contribution >= 4 is 41.3 Å². The maximum absolute atomic E-state index is 8.82. The lowest BCUT2D eigenvalue weighted by Gasteiger charge is -2.36. The highest BCUT2D eigenvalue weighted by molar-refractivity contribution is 6.43. The van der Waals surface area contributed by atoms with Gasteiger partial charge in [-0.2, -0.15) is 0 Å². The maximum atomic E-state index is 8.82. The molecule has 1 heterocycles. The van der Waals surface area contributed by atoms with E-state index in [1.165, 1.54) is 0 Å². The van der Waals surface area contributed by atoms with Gasteiger partial charge >= 0.3 is 0 Å². The molecule has 1 fully saturated rings. The summed E-state index contributed by atoms with van der Waals surface area (Å²) < 4.78 is 0. The Bertz CT molecular complexity index is 395. The Labute approximate surface area is 130 Å². The average Bonchev–Trinajstić information content (AvgIpc) is 2.40. The Morgan fingerprint density at radius 3 is 2.42 bits per heavy atom. The Morgan fingerprint density at radius 1 is 1.11 bits per heavy atom. The second-order valence-corrected chi connectivity index (χ2v) is 5.26. The number of aliphatic hydroxyl groups excluding tert-OH is 1. The molecule has 0 spiro atoms. The zero-order valence-electron chi connectivity index (χ0n) is 10.7. The molecule has 0 unspecified atom stereocenters. The molecule has 0 aromatic heterocycles. The van der Waals surface area contributed by atoms with Crippen molar-refractivity contribution in [1.29, 1.82) is 0 Å². The van der Waals surface area contributed by atoms with E-state index in [-0.39, 0.29) is 19.0 Å². The van der Waals surface area contributed by atoms with Gasteiger partial charge in [0.2, 0.25) is 0 Å². The lowest BCUT2D eigenvalue weighted by molar-refractivity contribution is 0.216. The standard InChI is InChI=1S/C13H18Cl2N2O.ClH/c14-11-3-1-4-12(13(11)15)17-8-6-16(7-9-17)5-2-10-18;/h1,3-4,18H,2,5-10H2;1H. The molecule has 2 rings (SSSR count). The van der Waals surface area contributed by atoms with Crippen LogP contribution in [0.4, 0.5) is 5.69 Å². The Hall–Kier alpha value is -0.190. The van der Waals surface area contributed by atoms with Crippen molar-refractivity contribution in [2.75, 3.05) is 44.2 Å². The fourth-order valence-electron chi connectivity index (χ4n) is 2.24. The molecule has 1 aliphatic rings. The van der Waals surface area contributed by atoms with E-state index in [0.717, 1.165) is 44.8 Å². The number of piperazine rings is 1. The van der Waals surface area contributed by atoms with Crippen LogP contribution in [-0.4, -0.2) is 49.3 Å². The first-order valence-corrected chi connectivity index (χ1v) is 7.00. The van der Waals surface area contributed by atoms with Crippen LogP contribution < -0.4 is 4.90 Å². The van der Waals surface area contributed by atoms with Gasteiger partial charge in [0.25, 0.3) is 0 Å². The van der Waals surface area contributed by atoms with Crippen LogP contribution in [0.2, 0.25) is 10.0 Å². The van der Waals surface area contributed by atoms with E-state index in [4.69, 9.17) is 28.3 Å². The van der Waals surface area contributed by atoms with Crippen LogP contribution >= 0.6 is 35.6 Å². The van der Waals surface area contributed by atoms with Crippen LogP contribution in [0.25, 0.3) is 0 Å². The molecule has 3 nitrogen and oxygen atoms in total. The third-order valence-corrected chi connectivity index (χ3v) is 4.09. The van der Waals surface area contributed by atoms with Crippen molar-refractivity contribution in [2.45, 2.75) is 6.42 Å². The summed E-state index contributed by atoms with van der Waals surface area (Å²) >= 11 is 12.3. The molecule has 1 saturated heterocycles. The summed E-state index contributed by atoms with van der Waals surface area (Å²) in [5.74, 6) is 0. The number of hydrogen-bond donors (Lipinski definition) is 1. The van der Waals surface area contributed by atoms with Gasteiger partial charge in [-0.15, -0.1) is 12.4 Å². The van der Waals surface area contributed by atoms with Gasteiger partial charge in [-0.3, -0.25) is 4.90 Å². The smallest absolute Gasteiger partial charge is 0.0825 e. The van der Waals surface area contributed by atoms with Crippen molar-refractivity contribution in [3.8, 4) is 0 Å². The van der Waals surface area contributed by atoms with E-state index in [1.54, 1.807) is 0 Å². The first kappa shape index (κ1) is 16.9. The van der Waals surface area contributed by atoms with Crippen LogP contribution in [0, 0.1) is 0 Å². The van der Waals surface area contributed by atoms with Gasteiger partial charge in [0.05, 0.1) is 15.7 Å². The SMILES string of the molecule is Cl.OCCCN1CCN(c2cccc(Cl)c2Cl)CC1. The van der Waals surface area contributed by atoms with Crippen molar-refractivity contribution in [1.82, 2.24) is 4.90 Å². The highest BCUT2D eigenvalue weighted by atomic mass is 35.5. The van der Waals surface area contributed by atoms with E-state index in [1.807, 2.05) is 18.2 Å². The molecule has 0 atom stereocenters. The van der Waals surface area contributed by atoms with E-state index < -0.39 is 0 Å². The van der Waals surface area contributed by atoms with E-state index >= 15 is 0 Å². The topological polar surface area (TPSA) is 26.7 Å². The van der Waals surface area contributed by atoms with Crippen LogP contribution in [0.15, 0.2) is 18.2 Å².